The molecule has 1 aromatic rings. The van der Waals surface area contributed by atoms with Crippen LogP contribution in [0.4, 0.5) is 0 Å². The van der Waals surface area contributed by atoms with E-state index in [1.807, 2.05) is 25.1 Å². The first-order valence-electron chi connectivity index (χ1n) is 7.41. The molecule has 5 heteroatoms. The number of hydrogen-bond donors (Lipinski definition) is 2. The number of para-hydroxylation sites is 1. The van der Waals surface area contributed by atoms with Crippen LogP contribution in [0.15, 0.2) is 18.2 Å². The number of rotatable bonds is 9. The average Bonchev–Trinajstić information content (AvgIpc) is 3.26. The fourth-order valence-electron chi connectivity index (χ4n) is 2.09. The Hall–Kier alpha value is -1.59. The fraction of sp³-hybridized carbons (Fsp3) is 0.562. The molecule has 1 amide bonds. The van der Waals surface area contributed by atoms with E-state index < -0.39 is 0 Å². The van der Waals surface area contributed by atoms with Gasteiger partial charge < -0.3 is 20.1 Å². The molecule has 2 N–H and O–H groups in total. The molecule has 2 rings (SSSR count). The van der Waals surface area contributed by atoms with E-state index in [0.717, 1.165) is 36.3 Å². The van der Waals surface area contributed by atoms with Crippen LogP contribution in [-0.4, -0.2) is 38.8 Å². The van der Waals surface area contributed by atoms with Gasteiger partial charge in [0.15, 0.2) is 6.61 Å². The van der Waals surface area contributed by atoms with Gasteiger partial charge >= 0.3 is 0 Å². The van der Waals surface area contributed by atoms with Crippen molar-refractivity contribution in [3.8, 4) is 5.75 Å². The van der Waals surface area contributed by atoms with Crippen LogP contribution in [-0.2, 0) is 16.1 Å². The summed E-state index contributed by atoms with van der Waals surface area (Å²) in [5.41, 5.74) is 2.10. The average molecular weight is 292 g/mol. The summed E-state index contributed by atoms with van der Waals surface area (Å²) in [6, 6.07) is 6.38. The third-order valence-corrected chi connectivity index (χ3v) is 3.38. The summed E-state index contributed by atoms with van der Waals surface area (Å²) in [6.45, 7) is 4.22. The Morgan fingerprint density at radius 1 is 1.38 bits per heavy atom. The van der Waals surface area contributed by atoms with Crippen molar-refractivity contribution in [2.45, 2.75) is 32.4 Å². The molecule has 5 nitrogen and oxygen atoms in total. The predicted molar refractivity (Wildman–Crippen MR) is 81.4 cm³/mol. The number of aryl methyl sites for hydroxylation is 1. The zero-order valence-electron chi connectivity index (χ0n) is 12.8. The Balaban J connectivity index is 1.87. The van der Waals surface area contributed by atoms with Gasteiger partial charge in [0.2, 0.25) is 0 Å². The van der Waals surface area contributed by atoms with Crippen molar-refractivity contribution in [3.05, 3.63) is 29.3 Å². The van der Waals surface area contributed by atoms with Crippen LogP contribution in [0.25, 0.3) is 0 Å². The maximum Gasteiger partial charge on any atom is 0.258 e. The largest absolute Gasteiger partial charge is 0.483 e. The van der Waals surface area contributed by atoms with Crippen LogP contribution < -0.4 is 15.4 Å². The number of benzene rings is 1. The van der Waals surface area contributed by atoms with Crippen molar-refractivity contribution >= 4 is 5.91 Å². The van der Waals surface area contributed by atoms with Crippen molar-refractivity contribution < 1.29 is 14.3 Å². The van der Waals surface area contributed by atoms with Gasteiger partial charge in [0.05, 0.1) is 6.61 Å². The topological polar surface area (TPSA) is 59.6 Å². The molecular weight excluding hydrogens is 268 g/mol. The van der Waals surface area contributed by atoms with Crippen LogP contribution >= 0.6 is 0 Å². The number of amides is 1. The third-order valence-electron chi connectivity index (χ3n) is 3.38. The molecule has 1 saturated carbocycles. The number of ether oxygens (including phenoxy) is 2. The monoisotopic (exact) mass is 292 g/mol. The summed E-state index contributed by atoms with van der Waals surface area (Å²) in [5.74, 6) is 0.757. The molecule has 0 radical (unpaired) electrons. The molecule has 0 atom stereocenters. The van der Waals surface area contributed by atoms with Gasteiger partial charge in [-0.3, -0.25) is 4.79 Å². The Labute approximate surface area is 126 Å². The van der Waals surface area contributed by atoms with Crippen molar-refractivity contribution in [2.75, 3.05) is 26.9 Å². The SMILES string of the molecule is COCCNCc1cccc(C)c1OCC(=O)NC1CC1. The summed E-state index contributed by atoms with van der Waals surface area (Å²) < 4.78 is 10.7. The Morgan fingerprint density at radius 2 is 2.19 bits per heavy atom. The molecule has 0 heterocycles. The molecule has 0 aliphatic heterocycles. The van der Waals surface area contributed by atoms with E-state index in [-0.39, 0.29) is 12.5 Å². The second kappa shape index (κ2) is 8.00. The molecule has 116 valence electrons. The summed E-state index contributed by atoms with van der Waals surface area (Å²) in [5, 5.41) is 6.22. The highest BCUT2D eigenvalue weighted by Crippen LogP contribution is 2.23. The summed E-state index contributed by atoms with van der Waals surface area (Å²) in [6.07, 6.45) is 2.18. The third kappa shape index (κ3) is 5.36. The zero-order chi connectivity index (χ0) is 15.1. The maximum absolute atomic E-state index is 11.7. The van der Waals surface area contributed by atoms with Crippen LogP contribution in [0, 0.1) is 6.92 Å². The van der Waals surface area contributed by atoms with Crippen LogP contribution in [0.2, 0.25) is 0 Å². The van der Waals surface area contributed by atoms with Gasteiger partial charge in [-0.25, -0.2) is 0 Å². The van der Waals surface area contributed by atoms with Crippen molar-refractivity contribution in [1.82, 2.24) is 10.6 Å². The van der Waals surface area contributed by atoms with Crippen LogP contribution in [0.3, 0.4) is 0 Å². The molecule has 21 heavy (non-hydrogen) atoms. The number of carbonyl (C=O) groups excluding carboxylic acids is 1. The quantitative estimate of drug-likeness (QED) is 0.675. The number of carbonyl (C=O) groups is 1. The van der Waals surface area contributed by atoms with E-state index in [9.17, 15) is 4.79 Å². The van der Waals surface area contributed by atoms with Gasteiger partial charge in [0.25, 0.3) is 5.91 Å². The Bertz CT molecular complexity index is 473. The molecule has 0 spiro atoms. The van der Waals surface area contributed by atoms with E-state index in [2.05, 4.69) is 10.6 Å². The molecule has 1 aromatic carbocycles. The number of hydrogen-bond acceptors (Lipinski definition) is 4. The fourth-order valence-corrected chi connectivity index (χ4v) is 2.09. The highest BCUT2D eigenvalue weighted by Gasteiger charge is 2.23. The summed E-state index contributed by atoms with van der Waals surface area (Å²) >= 11 is 0. The molecule has 0 saturated heterocycles. The van der Waals surface area contributed by atoms with E-state index in [4.69, 9.17) is 9.47 Å². The minimum Gasteiger partial charge on any atom is -0.483 e. The second-order valence-corrected chi connectivity index (χ2v) is 5.36. The molecule has 1 aliphatic carbocycles. The van der Waals surface area contributed by atoms with Gasteiger partial charge in [-0.15, -0.1) is 0 Å². The molecule has 1 aliphatic rings. The van der Waals surface area contributed by atoms with Gasteiger partial charge in [0.1, 0.15) is 5.75 Å². The lowest BCUT2D eigenvalue weighted by molar-refractivity contribution is -0.123. The minimum absolute atomic E-state index is 0.0426. The Kier molecular flexibility index (Phi) is 6.02. The first kappa shape index (κ1) is 15.8. The number of nitrogens with one attached hydrogen (secondary N) is 2. The minimum atomic E-state index is -0.0426. The molecule has 1 fully saturated rings. The standard InChI is InChI=1S/C16H24N2O3/c1-12-4-3-5-13(10-17-8-9-20-2)16(12)21-11-15(19)18-14-6-7-14/h3-5,14,17H,6-11H2,1-2H3,(H,18,19). The van der Waals surface area contributed by atoms with E-state index in [1.165, 1.54) is 0 Å². The first-order chi connectivity index (χ1) is 10.2. The summed E-state index contributed by atoms with van der Waals surface area (Å²) in [7, 11) is 1.68. The molecule has 0 unspecified atom stereocenters. The lowest BCUT2D eigenvalue weighted by atomic mass is 10.1. The van der Waals surface area contributed by atoms with Gasteiger partial charge in [-0.05, 0) is 25.3 Å². The van der Waals surface area contributed by atoms with Crippen molar-refractivity contribution in [1.29, 1.82) is 0 Å². The first-order valence-corrected chi connectivity index (χ1v) is 7.41. The highest BCUT2D eigenvalue weighted by atomic mass is 16.5. The van der Waals surface area contributed by atoms with Crippen molar-refractivity contribution in [3.63, 3.8) is 0 Å². The van der Waals surface area contributed by atoms with Crippen molar-refractivity contribution in [2.24, 2.45) is 0 Å². The van der Waals surface area contributed by atoms with Crippen LogP contribution in [0.5, 0.6) is 5.75 Å². The van der Waals surface area contributed by atoms with E-state index in [1.54, 1.807) is 7.11 Å². The van der Waals surface area contributed by atoms with Gasteiger partial charge in [0, 0.05) is 31.8 Å². The normalized spacial score (nSPS) is 14.0. The van der Waals surface area contributed by atoms with E-state index in [0.29, 0.717) is 19.2 Å². The number of methoxy groups -OCH3 is 1. The molecule has 0 aromatic heterocycles. The summed E-state index contributed by atoms with van der Waals surface area (Å²) in [4.78, 5) is 11.7. The lowest BCUT2D eigenvalue weighted by Crippen LogP contribution is -2.30. The molecule has 0 bridgehead atoms. The smallest absolute Gasteiger partial charge is 0.258 e. The highest BCUT2D eigenvalue weighted by molar-refractivity contribution is 5.78. The second-order valence-electron chi connectivity index (χ2n) is 5.36. The van der Waals surface area contributed by atoms with Crippen LogP contribution in [0.1, 0.15) is 24.0 Å². The lowest BCUT2D eigenvalue weighted by Gasteiger charge is -2.14. The maximum atomic E-state index is 11.7. The predicted octanol–water partition coefficient (Wildman–Crippen LogP) is 1.39. The molecular formula is C16H24N2O3. The van der Waals surface area contributed by atoms with E-state index >= 15 is 0 Å². The zero-order valence-corrected chi connectivity index (χ0v) is 12.8. The van der Waals surface area contributed by atoms with Gasteiger partial charge in [-0.2, -0.15) is 0 Å². The Morgan fingerprint density at radius 3 is 2.90 bits per heavy atom. The van der Waals surface area contributed by atoms with Gasteiger partial charge in [-0.1, -0.05) is 18.2 Å².